The molecule has 4 amide bonds. The molecule has 2 aromatic carbocycles. The van der Waals surface area contributed by atoms with Gasteiger partial charge in [-0.05, 0) is 79.6 Å². The Bertz CT molecular complexity index is 1600. The highest BCUT2D eigenvalue weighted by atomic mass is 32.2. The normalized spacial score (nSPS) is 17.9. The number of urea groups is 1. The first kappa shape index (κ1) is 42.0. The summed E-state index contributed by atoms with van der Waals surface area (Å²) in [6, 6.07) is 12.5. The van der Waals surface area contributed by atoms with E-state index in [-0.39, 0.29) is 37.2 Å². The molecule has 0 bridgehead atoms. The number of benzene rings is 2. The van der Waals surface area contributed by atoms with Crippen molar-refractivity contribution < 1.29 is 42.8 Å². The van der Waals surface area contributed by atoms with Crippen LogP contribution in [0.2, 0.25) is 0 Å². The number of fused-ring (bicyclic) bond motifs is 3. The maximum atomic E-state index is 12.1. The minimum atomic E-state index is -0.534. The minimum absolute atomic E-state index is 0.0181. The smallest absolute Gasteiger partial charge is 0.407 e. The lowest BCUT2D eigenvalue weighted by Crippen LogP contribution is -2.36. The Morgan fingerprint density at radius 1 is 0.764 bits per heavy atom. The van der Waals surface area contributed by atoms with Crippen molar-refractivity contribution in [2.24, 2.45) is 0 Å². The molecule has 2 fully saturated rings. The number of rotatable bonds is 25. The zero-order valence-corrected chi connectivity index (χ0v) is 32.7. The van der Waals surface area contributed by atoms with Crippen molar-refractivity contribution in [3.05, 3.63) is 58.7 Å². The molecule has 0 aromatic heterocycles. The Morgan fingerprint density at radius 3 is 2.11 bits per heavy atom. The summed E-state index contributed by atoms with van der Waals surface area (Å²) in [5.74, 6) is 9.28. The average molecular weight is 781 g/mol. The second-order valence-corrected chi connectivity index (χ2v) is 14.8. The number of alkyl carbamates (subject to hydrolysis) is 1. The molecule has 1 aliphatic carbocycles. The van der Waals surface area contributed by atoms with E-state index in [0.717, 1.165) is 85.5 Å². The van der Waals surface area contributed by atoms with Crippen LogP contribution in [-0.4, -0.2) is 114 Å². The van der Waals surface area contributed by atoms with Crippen molar-refractivity contribution >= 4 is 29.8 Å². The first-order chi connectivity index (χ1) is 27.0. The third kappa shape index (κ3) is 14.8. The number of nitrogens with one attached hydrogen (secondary N) is 4. The summed E-state index contributed by atoms with van der Waals surface area (Å²) in [6.45, 7) is 6.24. The van der Waals surface area contributed by atoms with Crippen molar-refractivity contribution in [3.63, 3.8) is 0 Å². The molecule has 2 saturated heterocycles. The molecular formula is C41H56N4O9S. The number of carbonyl (C=O) groups is 3. The van der Waals surface area contributed by atoms with Gasteiger partial charge in [0.15, 0.2) is 0 Å². The fourth-order valence-electron chi connectivity index (χ4n) is 6.45. The number of carbonyl (C=O) groups excluding carboxylic acids is 3. The Kier molecular flexibility index (Phi) is 18.1. The Labute approximate surface area is 329 Å². The maximum absolute atomic E-state index is 12.1. The Morgan fingerprint density at radius 2 is 1.40 bits per heavy atom. The molecular weight excluding hydrogens is 725 g/mol. The van der Waals surface area contributed by atoms with E-state index in [1.165, 1.54) is 5.56 Å². The fourth-order valence-corrected chi connectivity index (χ4v) is 8.00. The third-order valence-corrected chi connectivity index (χ3v) is 10.9. The van der Waals surface area contributed by atoms with Gasteiger partial charge in [0.2, 0.25) is 5.91 Å². The summed E-state index contributed by atoms with van der Waals surface area (Å²) in [5, 5.41) is 11.9. The molecule has 2 heterocycles. The maximum Gasteiger partial charge on any atom is 0.407 e. The van der Waals surface area contributed by atoms with Crippen molar-refractivity contribution in [1.82, 2.24) is 21.3 Å². The monoisotopic (exact) mass is 780 g/mol. The number of aryl methyl sites for hydroxylation is 2. The first-order valence-corrected chi connectivity index (χ1v) is 20.7. The van der Waals surface area contributed by atoms with E-state index in [9.17, 15) is 14.4 Å². The van der Waals surface area contributed by atoms with Crippen molar-refractivity contribution in [1.29, 1.82) is 0 Å². The Balaban J connectivity index is 0.795. The number of hydrogen-bond donors (Lipinski definition) is 4. The number of amides is 4. The van der Waals surface area contributed by atoms with Gasteiger partial charge < -0.3 is 49.7 Å². The van der Waals surface area contributed by atoms with Crippen molar-refractivity contribution in [2.75, 3.05) is 78.3 Å². The topological polar surface area (TPSA) is 155 Å². The number of ether oxygens (including phenoxy) is 6. The summed E-state index contributed by atoms with van der Waals surface area (Å²) in [4.78, 5) is 35.5. The van der Waals surface area contributed by atoms with E-state index in [1.54, 1.807) is 0 Å². The summed E-state index contributed by atoms with van der Waals surface area (Å²) in [5.41, 5.74) is 4.41. The van der Waals surface area contributed by atoms with E-state index < -0.39 is 6.09 Å². The lowest BCUT2D eigenvalue weighted by atomic mass is 9.94. The van der Waals surface area contributed by atoms with Crippen LogP contribution in [0, 0.1) is 11.8 Å². The largest absolute Gasteiger partial charge is 0.494 e. The van der Waals surface area contributed by atoms with Gasteiger partial charge in [-0.1, -0.05) is 31.6 Å². The molecule has 2 aliphatic heterocycles. The Hall–Kier alpha value is -4.16. The van der Waals surface area contributed by atoms with Crippen molar-refractivity contribution in [3.8, 4) is 23.3 Å². The van der Waals surface area contributed by atoms with Crippen LogP contribution in [0.5, 0.6) is 11.5 Å². The van der Waals surface area contributed by atoms with Crippen LogP contribution >= 0.6 is 11.8 Å². The molecule has 14 heteroatoms. The summed E-state index contributed by atoms with van der Waals surface area (Å²) < 4.78 is 33.5. The fraction of sp³-hybridized carbons (Fsp3) is 0.585. The predicted molar refractivity (Wildman–Crippen MR) is 211 cm³/mol. The molecule has 0 spiro atoms. The van der Waals surface area contributed by atoms with Crippen LogP contribution in [-0.2, 0) is 36.6 Å². The first-order valence-electron chi connectivity index (χ1n) is 19.6. The number of unbranched alkanes of at least 4 members (excludes halogenated alkanes) is 2. The van der Waals surface area contributed by atoms with Gasteiger partial charge in [-0.2, -0.15) is 11.8 Å². The van der Waals surface area contributed by atoms with E-state index in [2.05, 4.69) is 58.2 Å². The minimum Gasteiger partial charge on any atom is -0.494 e. The van der Waals surface area contributed by atoms with Gasteiger partial charge in [0.1, 0.15) is 24.7 Å². The molecule has 0 radical (unpaired) electrons. The second kappa shape index (κ2) is 23.7. The van der Waals surface area contributed by atoms with Gasteiger partial charge in [0, 0.05) is 41.6 Å². The summed E-state index contributed by atoms with van der Waals surface area (Å²) >= 11 is 1.89. The van der Waals surface area contributed by atoms with Crippen LogP contribution in [0.15, 0.2) is 36.4 Å². The standard InChI is InChI=1S/C41H56N4O9S/c1-2-3-18-52-34-14-12-30-8-9-31-13-15-35(28-33(31)11-10-32(30)27-34)53-25-23-51-24-26-54-41(48)43-17-20-50-22-21-49-19-16-42-38(46)7-5-4-6-37-39-36(29-55-37)44-40(47)45-39/h12-15,27-28,36-37,39H,2-7,10-11,16-26,29H2,1H3,(H,42,46)(H,43,48)(H2,44,45,47)/t36-,37-,39-/m0/s1. The van der Waals surface area contributed by atoms with Gasteiger partial charge in [-0.25, -0.2) is 9.59 Å². The van der Waals surface area contributed by atoms with E-state index in [4.69, 9.17) is 28.4 Å². The summed E-state index contributed by atoms with van der Waals surface area (Å²) in [6.07, 6.45) is 6.60. The predicted octanol–water partition coefficient (Wildman–Crippen LogP) is 4.36. The van der Waals surface area contributed by atoms with Gasteiger partial charge in [-0.15, -0.1) is 0 Å². The SMILES string of the molecule is CCCCOc1ccc2c(c1)CCc1cc(OCCOCCOC(=O)NCCOCCOCCNC(=O)CCCC[C@@H]3SC[C@@H]4NC(=O)N[C@@H]43)ccc1C#C2. The summed E-state index contributed by atoms with van der Waals surface area (Å²) in [7, 11) is 0. The highest BCUT2D eigenvalue weighted by molar-refractivity contribution is 8.00. The average Bonchev–Trinajstić information content (AvgIpc) is 3.74. The van der Waals surface area contributed by atoms with Crippen LogP contribution in [0.25, 0.3) is 0 Å². The molecule has 300 valence electrons. The molecule has 3 aliphatic rings. The van der Waals surface area contributed by atoms with Crippen LogP contribution in [0.3, 0.4) is 0 Å². The van der Waals surface area contributed by atoms with E-state index in [0.29, 0.717) is 64.4 Å². The molecule has 4 N–H and O–H groups in total. The number of thioether (sulfide) groups is 1. The molecule has 55 heavy (non-hydrogen) atoms. The highest BCUT2D eigenvalue weighted by Crippen LogP contribution is 2.33. The molecule has 0 unspecified atom stereocenters. The van der Waals surface area contributed by atoms with Crippen LogP contribution < -0.4 is 30.7 Å². The van der Waals surface area contributed by atoms with Gasteiger partial charge in [0.25, 0.3) is 0 Å². The molecule has 3 atom stereocenters. The van der Waals surface area contributed by atoms with Gasteiger partial charge in [-0.3, -0.25) is 4.79 Å². The quantitative estimate of drug-likeness (QED) is 0.0650. The third-order valence-electron chi connectivity index (χ3n) is 9.41. The lowest BCUT2D eigenvalue weighted by molar-refractivity contribution is -0.121. The van der Waals surface area contributed by atoms with E-state index >= 15 is 0 Å². The molecule has 2 aromatic rings. The van der Waals surface area contributed by atoms with Crippen LogP contribution in [0.1, 0.15) is 67.7 Å². The van der Waals surface area contributed by atoms with Crippen LogP contribution in [0.4, 0.5) is 9.59 Å². The van der Waals surface area contributed by atoms with Crippen molar-refractivity contribution in [2.45, 2.75) is 75.6 Å². The molecule has 13 nitrogen and oxygen atoms in total. The lowest BCUT2D eigenvalue weighted by Gasteiger charge is -2.16. The van der Waals surface area contributed by atoms with Gasteiger partial charge in [0.05, 0.1) is 58.3 Å². The molecule has 0 saturated carbocycles. The zero-order chi connectivity index (χ0) is 38.5. The highest BCUT2D eigenvalue weighted by Gasteiger charge is 2.42. The van der Waals surface area contributed by atoms with Gasteiger partial charge >= 0.3 is 12.1 Å². The number of hydrogen-bond acceptors (Lipinski definition) is 10. The second-order valence-electron chi connectivity index (χ2n) is 13.6. The molecule has 5 rings (SSSR count). The zero-order valence-electron chi connectivity index (χ0n) is 31.9. The van der Waals surface area contributed by atoms with E-state index in [1.807, 2.05) is 30.0 Å².